The number of hydrogen-bond donors (Lipinski definition) is 1. The summed E-state index contributed by atoms with van der Waals surface area (Å²) in [6.07, 6.45) is 5.39. The summed E-state index contributed by atoms with van der Waals surface area (Å²) in [4.78, 5) is 9.55. The molecule has 82 valence electrons. The van der Waals surface area contributed by atoms with Crippen LogP contribution < -0.4 is 0 Å². The Morgan fingerprint density at radius 2 is 2.00 bits per heavy atom. The summed E-state index contributed by atoms with van der Waals surface area (Å²) in [5.74, 6) is 1.82. The molecule has 1 atom stereocenters. The van der Waals surface area contributed by atoms with Gasteiger partial charge in [-0.3, -0.25) is 0 Å². The predicted molar refractivity (Wildman–Crippen MR) is 63.7 cm³/mol. The van der Waals surface area contributed by atoms with Crippen molar-refractivity contribution in [1.29, 1.82) is 5.26 Å². The first-order valence-corrected chi connectivity index (χ1v) is 7.00. The Labute approximate surface area is 94.3 Å². The Morgan fingerprint density at radius 1 is 1.43 bits per heavy atom. The maximum atomic E-state index is 9.55. The van der Waals surface area contributed by atoms with Crippen LogP contribution in [0.5, 0.6) is 0 Å². The van der Waals surface area contributed by atoms with Gasteiger partial charge in [-0.25, -0.2) is 0 Å². The summed E-state index contributed by atoms with van der Waals surface area (Å²) in [6, 6.07) is 1.74. The number of nitriles is 1. The summed E-state index contributed by atoms with van der Waals surface area (Å²) < 4.78 is 0. The number of carbonyl (C=O) groups is 1. The molecule has 1 unspecified atom stereocenters. The van der Waals surface area contributed by atoms with E-state index in [1.165, 1.54) is 0 Å². The molecular formula is C9H17NO2S2. The number of aliphatic hydroxyl groups excluding tert-OH is 1. The molecular weight excluding hydrogens is 218 g/mol. The SMILES string of the molecule is CSCCC(O)C#N.CSCCC=O. The summed E-state index contributed by atoms with van der Waals surface area (Å²) in [5.41, 5.74) is 0. The normalized spacial score (nSPS) is 10.7. The van der Waals surface area contributed by atoms with Crippen molar-refractivity contribution in [3.8, 4) is 6.07 Å². The monoisotopic (exact) mass is 235 g/mol. The topological polar surface area (TPSA) is 61.1 Å². The lowest BCUT2D eigenvalue weighted by Crippen LogP contribution is -2.02. The number of rotatable bonds is 6. The van der Waals surface area contributed by atoms with Crippen LogP contribution in [0.1, 0.15) is 12.8 Å². The minimum atomic E-state index is -0.762. The van der Waals surface area contributed by atoms with E-state index < -0.39 is 6.10 Å². The van der Waals surface area contributed by atoms with Gasteiger partial charge < -0.3 is 9.90 Å². The molecule has 3 nitrogen and oxygen atoms in total. The second-order valence-electron chi connectivity index (χ2n) is 2.37. The van der Waals surface area contributed by atoms with Gasteiger partial charge in [-0.2, -0.15) is 28.8 Å². The zero-order valence-electron chi connectivity index (χ0n) is 8.60. The molecule has 0 fully saturated rings. The minimum absolute atomic E-state index is 0.581. The maximum Gasteiger partial charge on any atom is 0.141 e. The number of hydrogen-bond acceptors (Lipinski definition) is 5. The quantitative estimate of drug-likeness (QED) is 0.430. The lowest BCUT2D eigenvalue weighted by atomic mass is 10.3. The van der Waals surface area contributed by atoms with Crippen molar-refractivity contribution < 1.29 is 9.90 Å². The zero-order valence-corrected chi connectivity index (χ0v) is 10.2. The van der Waals surface area contributed by atoms with Gasteiger partial charge in [-0.05, 0) is 30.4 Å². The van der Waals surface area contributed by atoms with Crippen LogP contribution in [0.4, 0.5) is 0 Å². The molecule has 0 spiro atoms. The largest absolute Gasteiger partial charge is 0.378 e. The van der Waals surface area contributed by atoms with Crippen molar-refractivity contribution in [1.82, 2.24) is 0 Å². The van der Waals surface area contributed by atoms with Gasteiger partial charge in [-0.15, -0.1) is 0 Å². The lowest BCUT2D eigenvalue weighted by molar-refractivity contribution is -0.107. The lowest BCUT2D eigenvalue weighted by Gasteiger charge is -1.95. The summed E-state index contributed by atoms with van der Waals surface area (Å²) >= 11 is 3.33. The van der Waals surface area contributed by atoms with Crippen molar-refractivity contribution in [2.45, 2.75) is 18.9 Å². The van der Waals surface area contributed by atoms with Gasteiger partial charge in [0.05, 0.1) is 6.07 Å². The fourth-order valence-electron chi connectivity index (χ4n) is 0.460. The second kappa shape index (κ2) is 15.3. The van der Waals surface area contributed by atoms with Crippen molar-refractivity contribution in [3.05, 3.63) is 0 Å². The van der Waals surface area contributed by atoms with E-state index in [9.17, 15) is 4.79 Å². The van der Waals surface area contributed by atoms with Crippen LogP contribution in [0.2, 0.25) is 0 Å². The highest BCUT2D eigenvalue weighted by Crippen LogP contribution is 1.98. The van der Waals surface area contributed by atoms with E-state index in [1.807, 2.05) is 12.5 Å². The van der Waals surface area contributed by atoms with Gasteiger partial charge in [-0.1, -0.05) is 0 Å². The smallest absolute Gasteiger partial charge is 0.141 e. The van der Waals surface area contributed by atoms with Crippen molar-refractivity contribution in [2.75, 3.05) is 24.0 Å². The third-order valence-electron chi connectivity index (χ3n) is 1.18. The van der Waals surface area contributed by atoms with Crippen LogP contribution >= 0.6 is 23.5 Å². The molecule has 0 amide bonds. The van der Waals surface area contributed by atoms with E-state index in [4.69, 9.17) is 10.4 Å². The van der Waals surface area contributed by atoms with Crippen molar-refractivity contribution >= 4 is 29.8 Å². The third kappa shape index (κ3) is 17.8. The van der Waals surface area contributed by atoms with Crippen LogP contribution in [0, 0.1) is 11.3 Å². The van der Waals surface area contributed by atoms with Crippen molar-refractivity contribution in [2.24, 2.45) is 0 Å². The molecule has 0 saturated carbocycles. The van der Waals surface area contributed by atoms with Crippen LogP contribution in [0.15, 0.2) is 0 Å². The fraction of sp³-hybridized carbons (Fsp3) is 0.778. The predicted octanol–water partition coefficient (Wildman–Crippen LogP) is 1.56. The highest BCUT2D eigenvalue weighted by molar-refractivity contribution is 7.98. The van der Waals surface area contributed by atoms with Crippen LogP contribution in [0.3, 0.4) is 0 Å². The molecule has 0 aromatic heterocycles. The highest BCUT2D eigenvalue weighted by Gasteiger charge is 1.97. The van der Waals surface area contributed by atoms with E-state index in [0.29, 0.717) is 12.8 Å². The summed E-state index contributed by atoms with van der Waals surface area (Å²) in [5, 5.41) is 16.7. The van der Waals surface area contributed by atoms with Gasteiger partial charge >= 0.3 is 0 Å². The summed E-state index contributed by atoms with van der Waals surface area (Å²) in [7, 11) is 0. The molecule has 1 N–H and O–H groups in total. The fourth-order valence-corrected chi connectivity index (χ4v) is 1.25. The molecule has 0 aromatic carbocycles. The van der Waals surface area contributed by atoms with Crippen LogP contribution in [0.25, 0.3) is 0 Å². The molecule has 0 aliphatic heterocycles. The molecule has 0 heterocycles. The molecule has 0 aliphatic rings. The minimum Gasteiger partial charge on any atom is -0.378 e. The van der Waals surface area contributed by atoms with Gasteiger partial charge in [0, 0.05) is 6.42 Å². The molecule has 0 radical (unpaired) electrons. The van der Waals surface area contributed by atoms with E-state index in [0.717, 1.165) is 17.8 Å². The Morgan fingerprint density at radius 3 is 2.29 bits per heavy atom. The first kappa shape index (κ1) is 16.3. The van der Waals surface area contributed by atoms with Gasteiger partial charge in [0.1, 0.15) is 12.4 Å². The average Bonchev–Trinajstić information content (AvgIpc) is 2.23. The third-order valence-corrected chi connectivity index (χ3v) is 2.47. The zero-order chi connectivity index (χ0) is 11.2. The first-order valence-electron chi connectivity index (χ1n) is 4.22. The average molecular weight is 235 g/mol. The van der Waals surface area contributed by atoms with E-state index in [2.05, 4.69) is 0 Å². The molecule has 14 heavy (non-hydrogen) atoms. The van der Waals surface area contributed by atoms with Crippen molar-refractivity contribution in [3.63, 3.8) is 0 Å². The Balaban J connectivity index is 0. The van der Waals surface area contributed by atoms with E-state index in [1.54, 1.807) is 29.6 Å². The van der Waals surface area contributed by atoms with Crippen LogP contribution in [-0.2, 0) is 4.79 Å². The van der Waals surface area contributed by atoms with E-state index in [-0.39, 0.29) is 0 Å². The molecule has 0 aromatic rings. The second-order valence-corrected chi connectivity index (χ2v) is 4.35. The molecule has 0 aliphatic carbocycles. The number of thioether (sulfide) groups is 2. The summed E-state index contributed by atoms with van der Waals surface area (Å²) in [6.45, 7) is 0. The Kier molecular flexibility index (Phi) is 17.8. The first-order chi connectivity index (χ1) is 6.72. The Hall–Kier alpha value is -0.180. The number of aliphatic hydroxyl groups is 1. The molecule has 0 rings (SSSR count). The standard InChI is InChI=1S/C5H9NOS.C4H8OS/c1-8-3-2-5(7)4-6;1-6-4-2-3-5/h5,7H,2-3H2,1H3;3H,2,4H2,1H3. The van der Waals surface area contributed by atoms with E-state index >= 15 is 0 Å². The molecule has 0 saturated heterocycles. The Bertz CT molecular complexity index is 159. The van der Waals surface area contributed by atoms with Gasteiger partial charge in [0.15, 0.2) is 0 Å². The van der Waals surface area contributed by atoms with Crippen LogP contribution in [-0.4, -0.2) is 41.5 Å². The number of carbonyl (C=O) groups excluding carboxylic acids is 1. The number of nitrogens with zero attached hydrogens (tertiary/aromatic N) is 1. The molecule has 0 bridgehead atoms. The van der Waals surface area contributed by atoms with Gasteiger partial charge in [0.25, 0.3) is 0 Å². The molecule has 5 heteroatoms. The highest BCUT2D eigenvalue weighted by atomic mass is 32.2. The number of aldehydes is 1. The maximum absolute atomic E-state index is 9.55. The van der Waals surface area contributed by atoms with Gasteiger partial charge in [0.2, 0.25) is 0 Å².